The van der Waals surface area contributed by atoms with Crippen molar-refractivity contribution in [1.29, 1.82) is 0 Å². The minimum atomic E-state index is -1.28. The van der Waals surface area contributed by atoms with Gasteiger partial charge in [0, 0.05) is 25.5 Å². The van der Waals surface area contributed by atoms with Gasteiger partial charge in [-0.2, -0.15) is 0 Å². The number of ketones is 1. The summed E-state index contributed by atoms with van der Waals surface area (Å²) in [5.41, 5.74) is 2.73. The van der Waals surface area contributed by atoms with E-state index in [1.807, 2.05) is 12.1 Å². The van der Waals surface area contributed by atoms with Crippen LogP contribution in [-0.4, -0.2) is 24.1 Å². The minimum Gasteiger partial charge on any atom is -0.507 e. The van der Waals surface area contributed by atoms with Crippen molar-refractivity contribution in [3.8, 4) is 11.5 Å². The number of allylic oxidation sites excluding steroid dienone is 2. The quantitative estimate of drug-likeness (QED) is 0.219. The van der Waals surface area contributed by atoms with Crippen molar-refractivity contribution in [1.82, 2.24) is 0 Å². The van der Waals surface area contributed by atoms with E-state index in [1.165, 1.54) is 43.7 Å². The lowest BCUT2D eigenvalue weighted by atomic mass is 9.75. The van der Waals surface area contributed by atoms with E-state index in [4.69, 9.17) is 0 Å². The fourth-order valence-corrected chi connectivity index (χ4v) is 7.21. The third-order valence-corrected chi connectivity index (χ3v) is 10.2. The van der Waals surface area contributed by atoms with Crippen LogP contribution < -0.4 is 0 Å². The molecule has 1 aromatic carbocycles. The average molecular weight is 431 g/mol. The van der Waals surface area contributed by atoms with Crippen LogP contribution in [0.4, 0.5) is 0 Å². The topological polar surface area (TPSA) is 57.5 Å². The standard InChI is InChI=1S/C26H42O3Si/c1-6-7-8-9-10-14-30(4,5)15-13-21-17-24(28)26(25(29)18-21)23-16-19(2)11-12-22(23)20(3)27/h16-18,22-23,28-29H,6-15H2,1-5H3/t22-,23+/m1/s1. The Bertz CT molecular complexity index is 728. The van der Waals surface area contributed by atoms with Crippen molar-refractivity contribution in [2.45, 2.75) is 103 Å². The second kappa shape index (κ2) is 11.2. The molecule has 0 saturated heterocycles. The first-order valence-electron chi connectivity index (χ1n) is 11.9. The highest BCUT2D eigenvalue weighted by atomic mass is 28.3. The molecule has 1 aliphatic rings. The number of phenolic OH excluding ortho intramolecular Hbond substituents is 2. The van der Waals surface area contributed by atoms with E-state index >= 15 is 0 Å². The molecule has 0 aromatic heterocycles. The number of hydrogen-bond acceptors (Lipinski definition) is 3. The van der Waals surface area contributed by atoms with Crippen LogP contribution in [0.25, 0.3) is 0 Å². The Morgan fingerprint density at radius 2 is 1.70 bits per heavy atom. The molecule has 0 amide bonds. The SMILES string of the molecule is CCCCCCC[Si](C)(C)CCc1cc(O)c([C@H]2C=C(C)CC[C@@H]2C(C)=O)c(O)c1. The number of rotatable bonds is 11. The van der Waals surface area contributed by atoms with E-state index in [0.717, 1.165) is 30.9 Å². The fraction of sp³-hybridized carbons (Fsp3) is 0.654. The van der Waals surface area contributed by atoms with Crippen molar-refractivity contribution in [2.75, 3.05) is 0 Å². The molecule has 0 heterocycles. The van der Waals surface area contributed by atoms with Gasteiger partial charge in [0.05, 0.1) is 0 Å². The zero-order valence-corrected chi connectivity index (χ0v) is 20.8. The summed E-state index contributed by atoms with van der Waals surface area (Å²) in [4.78, 5) is 12.1. The molecule has 30 heavy (non-hydrogen) atoms. The fourth-order valence-electron chi connectivity index (χ4n) is 4.79. The molecule has 2 atom stereocenters. The number of aryl methyl sites for hydroxylation is 1. The molecule has 0 fully saturated rings. The minimum absolute atomic E-state index is 0.123. The van der Waals surface area contributed by atoms with E-state index in [0.29, 0.717) is 5.56 Å². The van der Waals surface area contributed by atoms with Gasteiger partial charge >= 0.3 is 0 Å². The monoisotopic (exact) mass is 430 g/mol. The van der Waals surface area contributed by atoms with Gasteiger partial charge < -0.3 is 10.2 Å². The lowest BCUT2D eigenvalue weighted by Gasteiger charge is -2.29. The number of unbranched alkanes of at least 4 members (excludes halogenated alkanes) is 4. The highest BCUT2D eigenvalue weighted by Crippen LogP contribution is 2.45. The summed E-state index contributed by atoms with van der Waals surface area (Å²) in [6, 6.07) is 6.14. The van der Waals surface area contributed by atoms with E-state index in [-0.39, 0.29) is 29.1 Å². The Balaban J connectivity index is 2.07. The van der Waals surface area contributed by atoms with Crippen molar-refractivity contribution >= 4 is 13.9 Å². The van der Waals surface area contributed by atoms with Crippen LogP contribution in [0.3, 0.4) is 0 Å². The van der Waals surface area contributed by atoms with Crippen LogP contribution >= 0.6 is 0 Å². The van der Waals surface area contributed by atoms with Gasteiger partial charge in [0.15, 0.2) is 0 Å². The van der Waals surface area contributed by atoms with Crippen LogP contribution in [0.1, 0.15) is 82.8 Å². The number of benzene rings is 1. The molecule has 0 aliphatic heterocycles. The van der Waals surface area contributed by atoms with Crippen molar-refractivity contribution in [3.63, 3.8) is 0 Å². The lowest BCUT2D eigenvalue weighted by Crippen LogP contribution is -2.25. The summed E-state index contributed by atoms with van der Waals surface area (Å²) in [5.74, 6) is -0.0228. The first kappa shape index (κ1) is 24.7. The smallest absolute Gasteiger partial charge is 0.133 e. The first-order chi connectivity index (χ1) is 14.1. The molecule has 1 aliphatic carbocycles. The number of aromatic hydroxyl groups is 2. The second-order valence-corrected chi connectivity index (χ2v) is 15.5. The molecule has 0 unspecified atom stereocenters. The molecule has 4 heteroatoms. The van der Waals surface area contributed by atoms with Crippen LogP contribution in [0.5, 0.6) is 11.5 Å². The summed E-state index contributed by atoms with van der Waals surface area (Å²) in [7, 11) is -1.28. The maximum atomic E-state index is 12.1. The second-order valence-electron chi connectivity index (χ2n) is 10.2. The molecule has 3 nitrogen and oxygen atoms in total. The molecule has 0 spiro atoms. The zero-order valence-electron chi connectivity index (χ0n) is 19.8. The Morgan fingerprint density at radius 3 is 2.30 bits per heavy atom. The molecular weight excluding hydrogens is 388 g/mol. The predicted molar refractivity (Wildman–Crippen MR) is 129 cm³/mol. The molecule has 2 rings (SSSR count). The summed E-state index contributed by atoms with van der Waals surface area (Å²) in [6.45, 7) is 10.8. The molecule has 0 saturated carbocycles. The maximum Gasteiger partial charge on any atom is 0.133 e. The lowest BCUT2D eigenvalue weighted by molar-refractivity contribution is -0.121. The van der Waals surface area contributed by atoms with Crippen molar-refractivity contribution in [2.24, 2.45) is 5.92 Å². The first-order valence-corrected chi connectivity index (χ1v) is 15.3. The molecule has 0 radical (unpaired) electrons. The Morgan fingerprint density at radius 1 is 1.07 bits per heavy atom. The number of carbonyl (C=O) groups excluding carboxylic acids is 1. The van der Waals surface area contributed by atoms with E-state index < -0.39 is 8.07 Å². The highest BCUT2D eigenvalue weighted by Gasteiger charge is 2.32. The maximum absolute atomic E-state index is 12.1. The Labute approximate surface area is 184 Å². The van der Waals surface area contributed by atoms with Crippen molar-refractivity contribution < 1.29 is 15.0 Å². The van der Waals surface area contributed by atoms with Gasteiger partial charge in [-0.3, -0.25) is 4.79 Å². The van der Waals surface area contributed by atoms with Crippen LogP contribution in [0.2, 0.25) is 25.2 Å². The third kappa shape index (κ3) is 7.00. The molecule has 168 valence electrons. The molecular formula is C26H42O3Si. The third-order valence-electron chi connectivity index (χ3n) is 6.85. The molecule has 2 N–H and O–H groups in total. The number of hydrogen-bond donors (Lipinski definition) is 2. The number of carbonyl (C=O) groups is 1. The van der Waals surface area contributed by atoms with Gasteiger partial charge in [-0.25, -0.2) is 0 Å². The molecule has 0 bridgehead atoms. The van der Waals surface area contributed by atoms with Gasteiger partial charge in [0.2, 0.25) is 0 Å². The average Bonchev–Trinajstić information content (AvgIpc) is 2.65. The van der Waals surface area contributed by atoms with Crippen LogP contribution in [0.15, 0.2) is 23.8 Å². The summed E-state index contributed by atoms with van der Waals surface area (Å²) < 4.78 is 0. The zero-order chi connectivity index (χ0) is 22.3. The van der Waals surface area contributed by atoms with Crippen LogP contribution in [-0.2, 0) is 11.2 Å². The number of Topliss-reactive ketones (excluding diaryl/α,β-unsaturated/α-hetero) is 1. The van der Waals surface area contributed by atoms with E-state index in [1.54, 1.807) is 6.92 Å². The Hall–Kier alpha value is -1.55. The number of phenols is 2. The van der Waals surface area contributed by atoms with E-state index in [2.05, 4.69) is 33.0 Å². The van der Waals surface area contributed by atoms with Gasteiger partial charge in [0.25, 0.3) is 0 Å². The summed E-state index contributed by atoms with van der Waals surface area (Å²) >= 11 is 0. The van der Waals surface area contributed by atoms with Gasteiger partial charge in [-0.05, 0) is 50.8 Å². The predicted octanol–water partition coefficient (Wildman–Crippen LogP) is 7.35. The van der Waals surface area contributed by atoms with Gasteiger partial charge in [-0.1, -0.05) is 75.9 Å². The van der Waals surface area contributed by atoms with Gasteiger partial charge in [0.1, 0.15) is 17.3 Å². The van der Waals surface area contributed by atoms with Gasteiger partial charge in [-0.15, -0.1) is 0 Å². The highest BCUT2D eigenvalue weighted by molar-refractivity contribution is 6.77. The largest absolute Gasteiger partial charge is 0.507 e. The Kier molecular flexibility index (Phi) is 9.21. The summed E-state index contributed by atoms with van der Waals surface area (Å²) in [5, 5.41) is 21.5. The van der Waals surface area contributed by atoms with Crippen molar-refractivity contribution in [3.05, 3.63) is 34.9 Å². The normalized spacial score (nSPS) is 19.6. The van der Waals surface area contributed by atoms with E-state index in [9.17, 15) is 15.0 Å². The molecule has 1 aromatic rings. The van der Waals surface area contributed by atoms with Crippen LogP contribution in [0, 0.1) is 5.92 Å². The summed E-state index contributed by atoms with van der Waals surface area (Å²) in [6.07, 6.45) is 11.3.